The molecule has 0 aliphatic rings. The molecule has 0 fully saturated rings. The van der Waals surface area contributed by atoms with Crippen LogP contribution in [0.5, 0.6) is 0 Å². The van der Waals surface area contributed by atoms with Gasteiger partial charge in [0.05, 0.1) is 11.4 Å². The number of nitrogens with zero attached hydrogens (tertiary/aromatic N) is 6. The van der Waals surface area contributed by atoms with Crippen molar-refractivity contribution < 1.29 is 4.79 Å². The molecule has 3 rings (SSSR count). The van der Waals surface area contributed by atoms with E-state index < -0.39 is 0 Å². The van der Waals surface area contributed by atoms with E-state index in [9.17, 15) is 4.79 Å². The standard InChI is InChI=1S/C18H25N7O/c1-6-24-13(5)14(12(4)23-24)7-8-19-17(26)15-9-16(11(2)3)25-18(22-15)20-10-21-25/h9-11H,6-8H2,1-5H3,(H,19,26). The lowest BCUT2D eigenvalue weighted by atomic mass is 10.1. The van der Waals surface area contributed by atoms with Gasteiger partial charge in [-0.15, -0.1) is 0 Å². The van der Waals surface area contributed by atoms with Crippen molar-refractivity contribution in [3.05, 3.63) is 40.7 Å². The summed E-state index contributed by atoms with van der Waals surface area (Å²) in [7, 11) is 0. The van der Waals surface area contributed by atoms with Gasteiger partial charge >= 0.3 is 0 Å². The molecule has 3 aromatic rings. The van der Waals surface area contributed by atoms with Crippen LogP contribution in [0.2, 0.25) is 0 Å². The second kappa shape index (κ2) is 7.23. The van der Waals surface area contributed by atoms with Crippen molar-refractivity contribution in [3.8, 4) is 0 Å². The van der Waals surface area contributed by atoms with Gasteiger partial charge in [0.1, 0.15) is 12.0 Å². The Morgan fingerprint density at radius 3 is 2.73 bits per heavy atom. The Kier molecular flexibility index (Phi) is 5.01. The van der Waals surface area contributed by atoms with Crippen molar-refractivity contribution in [2.75, 3.05) is 6.54 Å². The van der Waals surface area contributed by atoms with Gasteiger partial charge in [-0.3, -0.25) is 9.48 Å². The highest BCUT2D eigenvalue weighted by Crippen LogP contribution is 2.16. The van der Waals surface area contributed by atoms with Crippen LogP contribution in [0, 0.1) is 13.8 Å². The summed E-state index contributed by atoms with van der Waals surface area (Å²) in [6.45, 7) is 11.6. The summed E-state index contributed by atoms with van der Waals surface area (Å²) in [6.07, 6.45) is 2.19. The first-order valence-corrected chi connectivity index (χ1v) is 8.94. The fourth-order valence-corrected chi connectivity index (χ4v) is 3.16. The normalized spacial score (nSPS) is 11.5. The fraction of sp³-hybridized carbons (Fsp3) is 0.500. The van der Waals surface area contributed by atoms with Crippen LogP contribution in [0.15, 0.2) is 12.4 Å². The molecule has 8 heteroatoms. The lowest BCUT2D eigenvalue weighted by Gasteiger charge is -2.10. The van der Waals surface area contributed by atoms with Gasteiger partial charge in [0.2, 0.25) is 0 Å². The van der Waals surface area contributed by atoms with Crippen LogP contribution in [0.1, 0.15) is 59.8 Å². The van der Waals surface area contributed by atoms with Gasteiger partial charge in [0.15, 0.2) is 0 Å². The number of rotatable bonds is 6. The molecule has 0 aliphatic carbocycles. The molecule has 0 bridgehead atoms. The van der Waals surface area contributed by atoms with E-state index in [0.29, 0.717) is 18.0 Å². The van der Waals surface area contributed by atoms with E-state index in [-0.39, 0.29) is 11.8 Å². The third-order valence-electron chi connectivity index (χ3n) is 4.59. The number of hydrogen-bond acceptors (Lipinski definition) is 5. The van der Waals surface area contributed by atoms with E-state index >= 15 is 0 Å². The molecule has 3 heterocycles. The zero-order chi connectivity index (χ0) is 18.8. The van der Waals surface area contributed by atoms with Crippen molar-refractivity contribution in [1.29, 1.82) is 0 Å². The molecular weight excluding hydrogens is 330 g/mol. The maximum absolute atomic E-state index is 12.6. The summed E-state index contributed by atoms with van der Waals surface area (Å²) in [5.41, 5.74) is 4.64. The maximum atomic E-state index is 12.6. The van der Waals surface area contributed by atoms with Gasteiger partial charge < -0.3 is 5.32 Å². The molecule has 1 amide bonds. The number of hydrogen-bond donors (Lipinski definition) is 1. The van der Waals surface area contributed by atoms with Gasteiger partial charge in [-0.1, -0.05) is 13.8 Å². The van der Waals surface area contributed by atoms with Gasteiger partial charge in [0.25, 0.3) is 11.7 Å². The number of carbonyl (C=O) groups excluding carboxylic acids is 1. The smallest absolute Gasteiger partial charge is 0.270 e. The number of nitrogens with one attached hydrogen (secondary N) is 1. The average molecular weight is 355 g/mol. The molecule has 0 saturated carbocycles. The summed E-state index contributed by atoms with van der Waals surface area (Å²) >= 11 is 0. The van der Waals surface area contributed by atoms with Gasteiger partial charge in [0, 0.05) is 18.8 Å². The van der Waals surface area contributed by atoms with Crippen LogP contribution in [0.25, 0.3) is 5.78 Å². The van der Waals surface area contributed by atoms with E-state index in [2.05, 4.69) is 53.2 Å². The van der Waals surface area contributed by atoms with Crippen molar-refractivity contribution in [2.45, 2.75) is 53.5 Å². The SMILES string of the molecule is CCn1nc(C)c(CCNC(=O)c2cc(C(C)C)n3ncnc3n2)c1C. The van der Waals surface area contributed by atoms with Crippen molar-refractivity contribution >= 4 is 11.7 Å². The topological polar surface area (TPSA) is 90.0 Å². The molecule has 8 nitrogen and oxygen atoms in total. The Hall–Kier alpha value is -2.77. The summed E-state index contributed by atoms with van der Waals surface area (Å²) in [6, 6.07) is 1.79. The number of aryl methyl sites for hydroxylation is 2. The number of amides is 1. The highest BCUT2D eigenvalue weighted by molar-refractivity contribution is 5.92. The van der Waals surface area contributed by atoms with Crippen LogP contribution >= 0.6 is 0 Å². The molecule has 0 aliphatic heterocycles. The number of fused-ring (bicyclic) bond motifs is 1. The van der Waals surface area contributed by atoms with E-state index in [1.807, 2.05) is 11.6 Å². The highest BCUT2D eigenvalue weighted by Gasteiger charge is 2.16. The third-order valence-corrected chi connectivity index (χ3v) is 4.59. The molecule has 138 valence electrons. The van der Waals surface area contributed by atoms with E-state index in [4.69, 9.17) is 0 Å². The van der Waals surface area contributed by atoms with E-state index in [1.54, 1.807) is 10.6 Å². The van der Waals surface area contributed by atoms with E-state index in [1.165, 1.54) is 11.9 Å². The second-order valence-electron chi connectivity index (χ2n) is 6.66. The molecule has 3 aromatic heterocycles. The van der Waals surface area contributed by atoms with Crippen molar-refractivity contribution in [2.24, 2.45) is 0 Å². The molecule has 0 aromatic carbocycles. The quantitative estimate of drug-likeness (QED) is 0.731. The van der Waals surface area contributed by atoms with Gasteiger partial charge in [-0.2, -0.15) is 15.2 Å². The van der Waals surface area contributed by atoms with Crippen LogP contribution < -0.4 is 5.32 Å². The van der Waals surface area contributed by atoms with Gasteiger partial charge in [-0.05, 0) is 44.7 Å². The fourth-order valence-electron chi connectivity index (χ4n) is 3.16. The Morgan fingerprint density at radius 1 is 1.31 bits per heavy atom. The largest absolute Gasteiger partial charge is 0.350 e. The first kappa shape index (κ1) is 18.0. The molecule has 0 atom stereocenters. The predicted molar refractivity (Wildman–Crippen MR) is 98.3 cm³/mol. The number of aromatic nitrogens is 6. The lowest BCUT2D eigenvalue weighted by molar-refractivity contribution is 0.0949. The van der Waals surface area contributed by atoms with Crippen LogP contribution in [0.3, 0.4) is 0 Å². The molecule has 0 unspecified atom stereocenters. The molecule has 26 heavy (non-hydrogen) atoms. The summed E-state index contributed by atoms with van der Waals surface area (Å²) < 4.78 is 3.66. The van der Waals surface area contributed by atoms with Crippen LogP contribution in [0.4, 0.5) is 0 Å². The molecule has 0 spiro atoms. The Morgan fingerprint density at radius 2 is 2.08 bits per heavy atom. The average Bonchev–Trinajstić information content (AvgIpc) is 3.19. The predicted octanol–water partition coefficient (Wildman–Crippen LogP) is 2.05. The molecule has 1 N–H and O–H groups in total. The second-order valence-corrected chi connectivity index (χ2v) is 6.66. The third kappa shape index (κ3) is 3.31. The summed E-state index contributed by atoms with van der Waals surface area (Å²) in [5.74, 6) is 0.451. The number of carbonyl (C=O) groups is 1. The molecule has 0 radical (unpaired) electrons. The van der Waals surface area contributed by atoms with Crippen molar-refractivity contribution in [1.82, 2.24) is 34.7 Å². The Bertz CT molecular complexity index is 939. The minimum absolute atomic E-state index is 0.199. The molecule has 0 saturated heterocycles. The van der Waals surface area contributed by atoms with Crippen LogP contribution in [-0.4, -0.2) is 41.8 Å². The highest BCUT2D eigenvalue weighted by atomic mass is 16.1. The van der Waals surface area contributed by atoms with Gasteiger partial charge in [-0.25, -0.2) is 9.50 Å². The first-order chi connectivity index (χ1) is 12.4. The minimum atomic E-state index is -0.199. The monoisotopic (exact) mass is 355 g/mol. The van der Waals surface area contributed by atoms with Crippen LogP contribution in [-0.2, 0) is 13.0 Å². The Balaban J connectivity index is 1.73. The summed E-state index contributed by atoms with van der Waals surface area (Å²) in [4.78, 5) is 21.0. The molecular formula is C18H25N7O. The lowest BCUT2D eigenvalue weighted by Crippen LogP contribution is -2.27. The first-order valence-electron chi connectivity index (χ1n) is 8.94. The zero-order valence-corrected chi connectivity index (χ0v) is 15.9. The van der Waals surface area contributed by atoms with E-state index in [0.717, 1.165) is 30.0 Å². The minimum Gasteiger partial charge on any atom is -0.350 e. The summed E-state index contributed by atoms with van der Waals surface area (Å²) in [5, 5.41) is 11.6. The zero-order valence-electron chi connectivity index (χ0n) is 15.9. The maximum Gasteiger partial charge on any atom is 0.270 e. The Labute approximate surface area is 152 Å². The van der Waals surface area contributed by atoms with Crippen molar-refractivity contribution in [3.63, 3.8) is 0 Å².